The number of fused-ring (bicyclic) bond motifs is 10. The van der Waals surface area contributed by atoms with Crippen LogP contribution in [0.5, 0.6) is 0 Å². The van der Waals surface area contributed by atoms with Crippen molar-refractivity contribution < 1.29 is 61.6 Å². The molecular weight excluding hydrogens is 817 g/mol. The van der Waals surface area contributed by atoms with Gasteiger partial charge in [0.2, 0.25) is 5.12 Å². The molecule has 6 fully saturated rings. The molecule has 3 N–H and O–H groups in total. The minimum absolute atomic E-state index is 0.00153. The minimum Gasteiger partial charge on any atom is -0.449 e. The molecule has 1 unspecified atom stereocenters. The average Bonchev–Trinajstić information content (AvgIpc) is 3.58. The van der Waals surface area contributed by atoms with Gasteiger partial charge < -0.3 is 20.1 Å². The zero-order valence-corrected chi connectivity index (χ0v) is 37.1. The fourth-order valence-corrected chi connectivity index (χ4v) is 15.6. The summed E-state index contributed by atoms with van der Waals surface area (Å²) in [4.78, 5) is 62.0. The van der Waals surface area contributed by atoms with Crippen LogP contribution in [-0.2, 0) is 28.7 Å². The van der Waals surface area contributed by atoms with Crippen LogP contribution in [0.4, 0.5) is 17.6 Å². The number of ether oxygens (including phenoxy) is 1. The SMILES string of the molecule is CC(=O)[C@@]1(O)CC[C@H]2[C@@H]3C[C@H](C)C4=CC(=O)C=C[C@]4(C)[C@@]3(F)[C@@H](O)C[C@@]21C.CCC(=O)O[C@]1(C(=O)SCF)[C@H](C)C[C@H]2C3C[C@H](F)C4=CC(=O)C=C[C@]4(C)[C@@]3(F)[C@@H](O)C[C@@]21C. The van der Waals surface area contributed by atoms with E-state index in [0.717, 1.165) is 11.6 Å². The van der Waals surface area contributed by atoms with Crippen LogP contribution in [0.1, 0.15) is 107 Å². The van der Waals surface area contributed by atoms with Crippen molar-refractivity contribution in [3.8, 4) is 0 Å². The normalized spacial score (nSPS) is 50.3. The number of aliphatic hydroxyl groups excluding tert-OH is 2. The number of esters is 1. The Labute approximate surface area is 359 Å². The number of alkyl halides is 4. The molecule has 9 nitrogen and oxygen atoms in total. The summed E-state index contributed by atoms with van der Waals surface area (Å²) in [6, 6.07) is -1.02. The van der Waals surface area contributed by atoms with Crippen molar-refractivity contribution in [3.05, 3.63) is 47.6 Å². The molecule has 0 heterocycles. The molecule has 0 amide bonds. The third-order valence-electron chi connectivity index (χ3n) is 17.9. The summed E-state index contributed by atoms with van der Waals surface area (Å²) < 4.78 is 68.7. The molecule has 0 aromatic rings. The van der Waals surface area contributed by atoms with E-state index in [1.807, 2.05) is 13.8 Å². The highest BCUT2D eigenvalue weighted by Crippen LogP contribution is 2.73. The van der Waals surface area contributed by atoms with Crippen LogP contribution >= 0.6 is 11.8 Å². The first-order chi connectivity index (χ1) is 28.2. The molecule has 0 radical (unpaired) electrons. The molecule has 61 heavy (non-hydrogen) atoms. The zero-order valence-electron chi connectivity index (χ0n) is 36.2. The molecule has 17 atom stereocenters. The molecule has 8 rings (SSSR count). The molecular formula is C47H60F4O9S. The Morgan fingerprint density at radius 1 is 0.820 bits per heavy atom. The zero-order chi connectivity index (χ0) is 45.3. The lowest BCUT2D eigenvalue weighted by molar-refractivity contribution is -0.228. The van der Waals surface area contributed by atoms with Gasteiger partial charge in [0.05, 0.1) is 12.2 Å². The van der Waals surface area contributed by atoms with Gasteiger partial charge in [-0.1, -0.05) is 52.3 Å². The maximum absolute atomic E-state index is 17.2. The van der Waals surface area contributed by atoms with Crippen LogP contribution in [0.3, 0.4) is 0 Å². The molecule has 0 aromatic carbocycles. The van der Waals surface area contributed by atoms with Crippen molar-refractivity contribution in [1.82, 2.24) is 0 Å². The van der Waals surface area contributed by atoms with Crippen molar-refractivity contribution in [2.75, 3.05) is 6.01 Å². The number of thioether (sulfide) groups is 1. The summed E-state index contributed by atoms with van der Waals surface area (Å²) in [6.07, 6.45) is 4.84. The molecule has 14 heteroatoms. The molecule has 0 saturated heterocycles. The second kappa shape index (κ2) is 14.8. The van der Waals surface area contributed by atoms with E-state index in [9.17, 15) is 43.7 Å². The number of aliphatic hydroxyl groups is 3. The minimum atomic E-state index is -2.30. The number of rotatable bonds is 5. The van der Waals surface area contributed by atoms with Gasteiger partial charge in [0.1, 0.15) is 17.8 Å². The summed E-state index contributed by atoms with van der Waals surface area (Å²) in [6.45, 7) is 13.5. The number of carbonyl (C=O) groups is 5. The maximum Gasteiger partial charge on any atom is 0.306 e. The number of hydrogen-bond acceptors (Lipinski definition) is 10. The lowest BCUT2D eigenvalue weighted by atomic mass is 9.43. The maximum atomic E-state index is 17.2. The van der Waals surface area contributed by atoms with Crippen LogP contribution in [0, 0.1) is 57.2 Å². The first kappa shape index (κ1) is 46.1. The molecule has 0 aliphatic heterocycles. The fraction of sp³-hybridized carbons (Fsp3) is 0.723. The van der Waals surface area contributed by atoms with Crippen molar-refractivity contribution >= 4 is 40.2 Å². The average molecular weight is 877 g/mol. The van der Waals surface area contributed by atoms with Gasteiger partial charge in [0.15, 0.2) is 34.3 Å². The number of ketones is 3. The Kier molecular flexibility index (Phi) is 11.2. The predicted octanol–water partition coefficient (Wildman–Crippen LogP) is 7.35. The first-order valence-corrected chi connectivity index (χ1v) is 22.7. The van der Waals surface area contributed by atoms with Gasteiger partial charge in [-0.05, 0) is 125 Å². The van der Waals surface area contributed by atoms with Crippen LogP contribution in [0.25, 0.3) is 0 Å². The number of hydrogen-bond donors (Lipinski definition) is 3. The standard InChI is InChI=1S/C25H31F3O5S.C22H29FO4/c1-5-20(31)33-25(21(32)34-12-26)13(2)8-15-16-10-18(27)17-9-14(29)6-7-22(17,3)24(16,28)19(30)11-23(15,25)4;1-12-9-17-15-6-8-21(27,13(2)24)20(15,4)11-18(26)22(17,23)19(3)7-5-14(25)10-16(12)19/h6-7,9,13,15-16,18-19,30H,5,8,10-12H2,1-4H3;5,7,10,12,15,17-18,26-27H,6,8-9,11H2,1-4H3/t13-,15+,16?,18+,19+,22+,23+,24+,25+;12-,15-,17-,18-,19-,20-,21-,22-/m10/s1. The third-order valence-corrected chi connectivity index (χ3v) is 18.6. The van der Waals surface area contributed by atoms with Gasteiger partial charge in [0, 0.05) is 45.8 Å². The van der Waals surface area contributed by atoms with E-state index in [1.54, 1.807) is 33.8 Å². The Bertz CT molecular complexity index is 2050. The van der Waals surface area contributed by atoms with Crippen LogP contribution in [-0.4, -0.2) is 90.7 Å². The second-order valence-electron chi connectivity index (χ2n) is 20.3. The monoisotopic (exact) mass is 876 g/mol. The number of allylic oxidation sites excluding steroid dienone is 8. The van der Waals surface area contributed by atoms with Gasteiger partial charge >= 0.3 is 5.97 Å². The topological polar surface area (TPSA) is 155 Å². The Hall–Kier alpha value is -2.94. The molecule has 8 aliphatic carbocycles. The van der Waals surface area contributed by atoms with Gasteiger partial charge in [0.25, 0.3) is 0 Å². The summed E-state index contributed by atoms with van der Waals surface area (Å²) in [5, 5.41) is 33.0. The van der Waals surface area contributed by atoms with E-state index in [1.165, 1.54) is 38.2 Å². The van der Waals surface area contributed by atoms with E-state index in [4.69, 9.17) is 4.74 Å². The van der Waals surface area contributed by atoms with E-state index < -0.39 is 109 Å². The molecule has 0 spiro atoms. The van der Waals surface area contributed by atoms with E-state index in [-0.39, 0.29) is 61.1 Å². The van der Waals surface area contributed by atoms with Crippen LogP contribution < -0.4 is 0 Å². The quantitative estimate of drug-likeness (QED) is 0.189. The van der Waals surface area contributed by atoms with Crippen molar-refractivity contribution in [2.45, 2.75) is 148 Å². The number of Topliss-reactive ketones (excluding diaryl/α,β-unsaturated/α-hetero) is 1. The highest BCUT2D eigenvalue weighted by molar-refractivity contribution is 8.13. The predicted molar refractivity (Wildman–Crippen MR) is 219 cm³/mol. The Morgan fingerprint density at radius 2 is 1.34 bits per heavy atom. The van der Waals surface area contributed by atoms with E-state index >= 15 is 13.2 Å². The lowest BCUT2D eigenvalue weighted by Crippen LogP contribution is -2.70. The van der Waals surface area contributed by atoms with Gasteiger partial charge in [-0.15, -0.1) is 0 Å². The van der Waals surface area contributed by atoms with Crippen molar-refractivity contribution in [1.29, 1.82) is 0 Å². The Balaban J connectivity index is 0.000000189. The second-order valence-corrected chi connectivity index (χ2v) is 21.2. The summed E-state index contributed by atoms with van der Waals surface area (Å²) in [5.74, 6) is -4.41. The van der Waals surface area contributed by atoms with Crippen molar-refractivity contribution in [2.24, 2.45) is 57.2 Å². The Morgan fingerprint density at radius 3 is 1.89 bits per heavy atom. The number of halogens is 4. The first-order valence-electron chi connectivity index (χ1n) is 21.7. The molecule has 8 aliphatic rings. The van der Waals surface area contributed by atoms with Gasteiger partial charge in [-0.25, -0.2) is 17.6 Å². The largest absolute Gasteiger partial charge is 0.449 e. The van der Waals surface area contributed by atoms with Crippen LogP contribution in [0.2, 0.25) is 0 Å². The van der Waals surface area contributed by atoms with Gasteiger partial charge in [-0.3, -0.25) is 24.0 Å². The summed E-state index contributed by atoms with van der Waals surface area (Å²) in [5.41, 5.74) is -11.4. The third kappa shape index (κ3) is 5.78. The smallest absolute Gasteiger partial charge is 0.306 e. The van der Waals surface area contributed by atoms with Crippen molar-refractivity contribution in [3.63, 3.8) is 0 Å². The molecule has 0 aromatic heterocycles. The highest BCUT2D eigenvalue weighted by atomic mass is 32.2. The highest BCUT2D eigenvalue weighted by Gasteiger charge is 2.79. The van der Waals surface area contributed by atoms with Crippen LogP contribution in [0.15, 0.2) is 47.6 Å². The lowest BCUT2D eigenvalue weighted by Gasteiger charge is -2.63. The molecule has 6 saturated carbocycles. The summed E-state index contributed by atoms with van der Waals surface area (Å²) in [7, 11) is 0. The molecule has 0 bridgehead atoms. The van der Waals surface area contributed by atoms with E-state index in [0.29, 0.717) is 31.0 Å². The van der Waals surface area contributed by atoms with Gasteiger partial charge in [-0.2, -0.15) is 0 Å². The number of carbonyl (C=O) groups excluding carboxylic acids is 5. The molecule has 336 valence electrons. The summed E-state index contributed by atoms with van der Waals surface area (Å²) >= 11 is 0.396. The van der Waals surface area contributed by atoms with E-state index in [2.05, 4.69) is 0 Å². The fourth-order valence-electron chi connectivity index (χ4n) is 14.8.